The Morgan fingerprint density at radius 1 is 1.07 bits per heavy atom. The van der Waals surface area contributed by atoms with Crippen LogP contribution in [0.25, 0.3) is 11.3 Å². The Bertz CT molecular complexity index is 788. The van der Waals surface area contributed by atoms with Gasteiger partial charge in [-0.05, 0) is 44.6 Å². The molecule has 0 radical (unpaired) electrons. The standard InChI is InChI=1S/C21H29N5O/c1-5-18-15-19(23-21(22-18)24(2)3)16-7-9-17(10-8-16)20(27)26-12-6-11-25(4)13-14-26/h7-10,15H,5-6,11-14H2,1-4H3. The van der Waals surface area contributed by atoms with E-state index in [0.29, 0.717) is 5.95 Å². The van der Waals surface area contributed by atoms with E-state index in [1.165, 1.54) is 0 Å². The van der Waals surface area contributed by atoms with Crippen molar-refractivity contribution in [3.05, 3.63) is 41.6 Å². The van der Waals surface area contributed by atoms with Gasteiger partial charge in [-0.2, -0.15) is 0 Å². The Morgan fingerprint density at radius 3 is 2.48 bits per heavy atom. The summed E-state index contributed by atoms with van der Waals surface area (Å²) in [7, 11) is 5.99. The van der Waals surface area contributed by atoms with Crippen LogP contribution < -0.4 is 4.90 Å². The Hall–Kier alpha value is -2.47. The number of carbonyl (C=O) groups excluding carboxylic acids is 1. The molecule has 0 atom stereocenters. The van der Waals surface area contributed by atoms with Gasteiger partial charge in [0.2, 0.25) is 5.95 Å². The van der Waals surface area contributed by atoms with Crippen LogP contribution in [0.4, 0.5) is 5.95 Å². The molecule has 2 heterocycles. The van der Waals surface area contributed by atoms with E-state index >= 15 is 0 Å². The average Bonchev–Trinajstić information content (AvgIpc) is 2.91. The third-order valence-electron chi connectivity index (χ3n) is 4.96. The van der Waals surface area contributed by atoms with Gasteiger partial charge in [-0.25, -0.2) is 9.97 Å². The molecule has 1 saturated heterocycles. The van der Waals surface area contributed by atoms with Crippen LogP contribution in [0, 0.1) is 0 Å². The normalized spacial score (nSPS) is 15.5. The van der Waals surface area contributed by atoms with Crippen molar-refractivity contribution < 1.29 is 4.79 Å². The maximum absolute atomic E-state index is 12.8. The lowest BCUT2D eigenvalue weighted by atomic mass is 10.1. The highest BCUT2D eigenvalue weighted by Crippen LogP contribution is 2.22. The van der Waals surface area contributed by atoms with E-state index in [1.807, 2.05) is 54.2 Å². The number of benzene rings is 1. The molecule has 1 fully saturated rings. The number of carbonyl (C=O) groups is 1. The predicted molar refractivity (Wildman–Crippen MR) is 109 cm³/mol. The fourth-order valence-electron chi connectivity index (χ4n) is 3.23. The zero-order valence-corrected chi connectivity index (χ0v) is 16.8. The molecule has 6 nitrogen and oxygen atoms in total. The van der Waals surface area contributed by atoms with E-state index < -0.39 is 0 Å². The average molecular weight is 367 g/mol. The van der Waals surface area contributed by atoms with E-state index in [9.17, 15) is 4.79 Å². The molecule has 0 saturated carbocycles. The first-order chi connectivity index (χ1) is 13.0. The van der Waals surface area contributed by atoms with Crippen molar-refractivity contribution in [1.29, 1.82) is 0 Å². The summed E-state index contributed by atoms with van der Waals surface area (Å²) >= 11 is 0. The molecule has 3 rings (SSSR count). The number of aryl methyl sites for hydroxylation is 1. The molecule has 0 N–H and O–H groups in total. The molecule has 1 aliphatic rings. The minimum atomic E-state index is 0.114. The van der Waals surface area contributed by atoms with Crippen molar-refractivity contribution in [3.63, 3.8) is 0 Å². The number of nitrogens with zero attached hydrogens (tertiary/aromatic N) is 5. The second-order valence-electron chi connectivity index (χ2n) is 7.32. The molecular formula is C21H29N5O. The van der Waals surface area contributed by atoms with Crippen molar-refractivity contribution in [2.45, 2.75) is 19.8 Å². The van der Waals surface area contributed by atoms with Crippen LogP contribution in [-0.4, -0.2) is 73.0 Å². The molecule has 1 aromatic heterocycles. The summed E-state index contributed by atoms with van der Waals surface area (Å²) in [4.78, 5) is 28.2. The molecule has 0 unspecified atom stereocenters. The Morgan fingerprint density at radius 2 is 1.81 bits per heavy atom. The highest BCUT2D eigenvalue weighted by molar-refractivity contribution is 5.94. The third-order valence-corrected chi connectivity index (χ3v) is 4.96. The lowest BCUT2D eigenvalue weighted by molar-refractivity contribution is 0.0763. The fraction of sp³-hybridized carbons (Fsp3) is 0.476. The summed E-state index contributed by atoms with van der Waals surface area (Å²) in [6.45, 7) is 5.67. The summed E-state index contributed by atoms with van der Waals surface area (Å²) in [6, 6.07) is 9.82. The summed E-state index contributed by atoms with van der Waals surface area (Å²) in [6.07, 6.45) is 1.88. The Labute approximate surface area is 161 Å². The third kappa shape index (κ3) is 4.63. The van der Waals surface area contributed by atoms with Gasteiger partial charge in [0, 0.05) is 50.6 Å². The van der Waals surface area contributed by atoms with E-state index in [-0.39, 0.29) is 5.91 Å². The number of hydrogen-bond acceptors (Lipinski definition) is 5. The summed E-state index contributed by atoms with van der Waals surface area (Å²) in [5.74, 6) is 0.820. The zero-order chi connectivity index (χ0) is 19.4. The molecular weight excluding hydrogens is 338 g/mol. The van der Waals surface area contributed by atoms with E-state index in [4.69, 9.17) is 0 Å². The molecule has 27 heavy (non-hydrogen) atoms. The maximum Gasteiger partial charge on any atom is 0.253 e. The first-order valence-corrected chi connectivity index (χ1v) is 9.61. The van der Waals surface area contributed by atoms with Crippen molar-refractivity contribution in [3.8, 4) is 11.3 Å². The van der Waals surface area contributed by atoms with E-state index in [1.54, 1.807) is 0 Å². The highest BCUT2D eigenvalue weighted by Gasteiger charge is 2.19. The Balaban J connectivity index is 1.81. The number of rotatable bonds is 4. The van der Waals surface area contributed by atoms with Gasteiger partial charge in [0.1, 0.15) is 0 Å². The molecule has 144 valence electrons. The van der Waals surface area contributed by atoms with Crippen LogP contribution in [0.15, 0.2) is 30.3 Å². The molecule has 0 bridgehead atoms. The fourth-order valence-corrected chi connectivity index (χ4v) is 3.23. The SMILES string of the molecule is CCc1cc(-c2ccc(C(=O)N3CCCN(C)CC3)cc2)nc(N(C)C)n1. The van der Waals surface area contributed by atoms with Gasteiger partial charge in [-0.1, -0.05) is 19.1 Å². The van der Waals surface area contributed by atoms with Gasteiger partial charge < -0.3 is 14.7 Å². The van der Waals surface area contributed by atoms with Gasteiger partial charge in [-0.3, -0.25) is 4.79 Å². The smallest absolute Gasteiger partial charge is 0.253 e. The van der Waals surface area contributed by atoms with Crippen LogP contribution >= 0.6 is 0 Å². The monoisotopic (exact) mass is 367 g/mol. The maximum atomic E-state index is 12.8. The molecule has 1 aromatic carbocycles. The first kappa shape index (κ1) is 19.3. The van der Waals surface area contributed by atoms with Crippen molar-refractivity contribution in [1.82, 2.24) is 19.8 Å². The van der Waals surface area contributed by atoms with Crippen molar-refractivity contribution in [2.24, 2.45) is 0 Å². The number of anilines is 1. The number of amides is 1. The van der Waals surface area contributed by atoms with Crippen LogP contribution in [0.3, 0.4) is 0 Å². The van der Waals surface area contributed by atoms with Crippen LogP contribution in [0.1, 0.15) is 29.4 Å². The zero-order valence-electron chi connectivity index (χ0n) is 16.8. The van der Waals surface area contributed by atoms with Gasteiger partial charge in [-0.15, -0.1) is 0 Å². The second-order valence-corrected chi connectivity index (χ2v) is 7.32. The number of aromatic nitrogens is 2. The second kappa shape index (κ2) is 8.48. The van der Waals surface area contributed by atoms with Crippen molar-refractivity contribution in [2.75, 3.05) is 52.2 Å². The van der Waals surface area contributed by atoms with Gasteiger partial charge in [0.15, 0.2) is 0 Å². The largest absolute Gasteiger partial charge is 0.347 e. The van der Waals surface area contributed by atoms with Gasteiger partial charge in [0.25, 0.3) is 5.91 Å². The van der Waals surface area contributed by atoms with E-state index in [2.05, 4.69) is 28.8 Å². The topological polar surface area (TPSA) is 52.6 Å². The Kier molecular flexibility index (Phi) is 6.06. The predicted octanol–water partition coefficient (Wildman–Crippen LogP) is 2.55. The quantitative estimate of drug-likeness (QED) is 0.831. The van der Waals surface area contributed by atoms with Crippen LogP contribution in [-0.2, 0) is 6.42 Å². The lowest BCUT2D eigenvalue weighted by Gasteiger charge is -2.20. The van der Waals surface area contributed by atoms with Crippen LogP contribution in [0.5, 0.6) is 0 Å². The lowest BCUT2D eigenvalue weighted by Crippen LogP contribution is -2.34. The molecule has 0 spiro atoms. The van der Waals surface area contributed by atoms with Crippen molar-refractivity contribution >= 4 is 11.9 Å². The van der Waals surface area contributed by atoms with Gasteiger partial charge >= 0.3 is 0 Å². The summed E-state index contributed by atoms with van der Waals surface area (Å²) in [5.41, 5.74) is 3.64. The number of hydrogen-bond donors (Lipinski definition) is 0. The number of likely N-dealkylation sites (N-methyl/N-ethyl adjacent to an activating group) is 1. The minimum Gasteiger partial charge on any atom is -0.347 e. The van der Waals surface area contributed by atoms with Crippen LogP contribution in [0.2, 0.25) is 0 Å². The molecule has 6 heteroatoms. The minimum absolute atomic E-state index is 0.114. The molecule has 2 aromatic rings. The van der Waals surface area contributed by atoms with E-state index in [0.717, 1.165) is 61.5 Å². The molecule has 1 aliphatic heterocycles. The van der Waals surface area contributed by atoms with Gasteiger partial charge in [0.05, 0.1) is 5.69 Å². The highest BCUT2D eigenvalue weighted by atomic mass is 16.2. The summed E-state index contributed by atoms with van der Waals surface area (Å²) in [5, 5.41) is 0. The molecule has 0 aliphatic carbocycles. The summed E-state index contributed by atoms with van der Waals surface area (Å²) < 4.78 is 0. The molecule has 1 amide bonds. The first-order valence-electron chi connectivity index (χ1n) is 9.61.